The molecule has 1 aromatic heterocycles. The van der Waals surface area contributed by atoms with Gasteiger partial charge in [-0.1, -0.05) is 0 Å². The fourth-order valence-corrected chi connectivity index (χ4v) is 2.85. The Bertz CT molecular complexity index is 796. The summed E-state index contributed by atoms with van der Waals surface area (Å²) in [6.07, 6.45) is -1.06. The minimum absolute atomic E-state index is 0.293. The number of benzene rings is 1. The molecular formula is C19H22F2N4O3. The number of nitrogens with zero attached hydrogens (tertiary/aromatic N) is 2. The van der Waals surface area contributed by atoms with Crippen LogP contribution in [-0.2, 0) is 4.74 Å². The summed E-state index contributed by atoms with van der Waals surface area (Å²) in [5.41, 5.74) is 1.23. The topological polar surface area (TPSA) is 75.7 Å². The SMILES string of the molecule is COC(=O)c1ccc(N2CCNCC2)cc1Oc1ccc(NCC(F)F)nc1. The fourth-order valence-electron chi connectivity index (χ4n) is 2.85. The highest BCUT2D eigenvalue weighted by atomic mass is 19.3. The number of carbonyl (C=O) groups excluding carboxylic acids is 1. The number of nitrogens with one attached hydrogen (secondary N) is 2. The molecule has 0 radical (unpaired) electrons. The van der Waals surface area contributed by atoms with Crippen molar-refractivity contribution < 1.29 is 23.0 Å². The molecule has 0 unspecified atom stereocenters. The first-order valence-corrected chi connectivity index (χ1v) is 8.91. The van der Waals surface area contributed by atoms with Crippen molar-refractivity contribution in [2.45, 2.75) is 6.43 Å². The van der Waals surface area contributed by atoms with Crippen LogP contribution >= 0.6 is 0 Å². The summed E-state index contributed by atoms with van der Waals surface area (Å²) >= 11 is 0. The molecule has 0 bridgehead atoms. The quantitative estimate of drug-likeness (QED) is 0.702. The van der Waals surface area contributed by atoms with Crippen LogP contribution in [0.5, 0.6) is 11.5 Å². The van der Waals surface area contributed by atoms with E-state index < -0.39 is 18.9 Å². The number of ether oxygens (including phenoxy) is 2. The largest absolute Gasteiger partial charge is 0.465 e. The van der Waals surface area contributed by atoms with E-state index in [0.29, 0.717) is 22.9 Å². The zero-order chi connectivity index (χ0) is 19.9. The predicted octanol–water partition coefficient (Wildman–Crippen LogP) is 2.75. The Labute approximate surface area is 161 Å². The van der Waals surface area contributed by atoms with E-state index in [0.717, 1.165) is 31.9 Å². The van der Waals surface area contributed by atoms with Gasteiger partial charge in [0.05, 0.1) is 19.9 Å². The van der Waals surface area contributed by atoms with E-state index >= 15 is 0 Å². The number of alkyl halides is 2. The molecule has 9 heteroatoms. The number of hydrogen-bond acceptors (Lipinski definition) is 7. The van der Waals surface area contributed by atoms with Crippen molar-refractivity contribution >= 4 is 17.5 Å². The van der Waals surface area contributed by atoms with Crippen molar-refractivity contribution in [1.82, 2.24) is 10.3 Å². The van der Waals surface area contributed by atoms with Crippen molar-refractivity contribution in [3.05, 3.63) is 42.1 Å². The lowest BCUT2D eigenvalue weighted by Crippen LogP contribution is -2.43. The number of anilines is 2. The fraction of sp³-hybridized carbons (Fsp3) is 0.368. The number of aromatic nitrogens is 1. The van der Waals surface area contributed by atoms with Gasteiger partial charge in [-0.25, -0.2) is 18.6 Å². The van der Waals surface area contributed by atoms with Crippen LogP contribution in [0, 0.1) is 0 Å². The maximum Gasteiger partial charge on any atom is 0.341 e. The maximum atomic E-state index is 12.3. The Hall–Kier alpha value is -2.94. The van der Waals surface area contributed by atoms with E-state index in [2.05, 4.69) is 20.5 Å². The Morgan fingerprint density at radius 3 is 2.71 bits per heavy atom. The molecule has 0 aliphatic carbocycles. The van der Waals surface area contributed by atoms with Gasteiger partial charge in [0.15, 0.2) is 0 Å². The zero-order valence-electron chi connectivity index (χ0n) is 15.5. The van der Waals surface area contributed by atoms with Gasteiger partial charge in [-0.3, -0.25) is 0 Å². The van der Waals surface area contributed by atoms with Crippen LogP contribution in [0.3, 0.4) is 0 Å². The third-order valence-corrected chi connectivity index (χ3v) is 4.25. The number of carbonyl (C=O) groups is 1. The van der Waals surface area contributed by atoms with E-state index in [1.807, 2.05) is 6.07 Å². The minimum atomic E-state index is -2.46. The molecule has 28 heavy (non-hydrogen) atoms. The minimum Gasteiger partial charge on any atom is -0.465 e. The highest BCUT2D eigenvalue weighted by Crippen LogP contribution is 2.31. The average Bonchev–Trinajstić information content (AvgIpc) is 2.73. The molecule has 0 atom stereocenters. The number of methoxy groups -OCH3 is 1. The number of rotatable bonds is 7. The molecule has 1 aromatic carbocycles. The summed E-state index contributed by atoms with van der Waals surface area (Å²) < 4.78 is 35.2. The van der Waals surface area contributed by atoms with Crippen LogP contribution in [0.15, 0.2) is 36.5 Å². The highest BCUT2D eigenvalue weighted by molar-refractivity contribution is 5.93. The number of pyridine rings is 1. The van der Waals surface area contributed by atoms with Gasteiger partial charge in [0.1, 0.15) is 22.9 Å². The molecule has 3 rings (SSSR count). The molecule has 0 spiro atoms. The molecule has 2 heterocycles. The Kier molecular flexibility index (Phi) is 6.59. The van der Waals surface area contributed by atoms with E-state index in [1.165, 1.54) is 19.4 Å². The lowest BCUT2D eigenvalue weighted by molar-refractivity contribution is 0.0598. The monoisotopic (exact) mass is 392 g/mol. The van der Waals surface area contributed by atoms with Gasteiger partial charge in [-0.05, 0) is 24.3 Å². The molecule has 2 N–H and O–H groups in total. The molecule has 150 valence electrons. The Balaban J connectivity index is 1.80. The first-order valence-electron chi connectivity index (χ1n) is 8.91. The summed E-state index contributed by atoms with van der Waals surface area (Å²) in [5, 5.41) is 5.81. The molecular weight excluding hydrogens is 370 g/mol. The summed E-state index contributed by atoms with van der Waals surface area (Å²) in [4.78, 5) is 18.3. The summed E-state index contributed by atoms with van der Waals surface area (Å²) in [7, 11) is 1.31. The number of hydrogen-bond donors (Lipinski definition) is 2. The van der Waals surface area contributed by atoms with E-state index in [4.69, 9.17) is 9.47 Å². The van der Waals surface area contributed by atoms with Gasteiger partial charge < -0.3 is 25.0 Å². The third-order valence-electron chi connectivity index (χ3n) is 4.25. The van der Waals surface area contributed by atoms with E-state index in [1.54, 1.807) is 18.2 Å². The van der Waals surface area contributed by atoms with Crippen LogP contribution in [0.4, 0.5) is 20.3 Å². The Morgan fingerprint density at radius 1 is 1.29 bits per heavy atom. The molecule has 0 saturated carbocycles. The van der Waals surface area contributed by atoms with Gasteiger partial charge in [-0.15, -0.1) is 0 Å². The van der Waals surface area contributed by atoms with Crippen molar-refractivity contribution in [3.8, 4) is 11.5 Å². The second-order valence-electron chi connectivity index (χ2n) is 6.16. The third kappa shape index (κ3) is 5.07. The molecule has 0 amide bonds. The first-order chi connectivity index (χ1) is 13.6. The van der Waals surface area contributed by atoms with Crippen molar-refractivity contribution in [2.24, 2.45) is 0 Å². The molecule has 1 fully saturated rings. The van der Waals surface area contributed by atoms with Crippen molar-refractivity contribution in [2.75, 3.05) is 50.1 Å². The van der Waals surface area contributed by atoms with Crippen LogP contribution in [-0.4, -0.2) is 57.2 Å². The maximum absolute atomic E-state index is 12.3. The van der Waals surface area contributed by atoms with Crippen molar-refractivity contribution in [1.29, 1.82) is 0 Å². The van der Waals surface area contributed by atoms with Gasteiger partial charge in [0.2, 0.25) is 0 Å². The van der Waals surface area contributed by atoms with Crippen LogP contribution in [0.1, 0.15) is 10.4 Å². The van der Waals surface area contributed by atoms with Crippen LogP contribution in [0.25, 0.3) is 0 Å². The molecule has 1 saturated heterocycles. The van der Waals surface area contributed by atoms with Crippen LogP contribution < -0.4 is 20.3 Å². The standard InChI is InChI=1S/C19H22F2N4O3/c1-27-19(26)15-4-2-13(25-8-6-22-7-9-25)10-16(15)28-14-3-5-18(23-11-14)24-12-17(20)21/h2-5,10-11,17,22H,6-9,12H2,1H3,(H,23,24). The molecule has 1 aliphatic rings. The summed E-state index contributed by atoms with van der Waals surface area (Å²) in [6, 6.07) is 8.46. The second kappa shape index (κ2) is 9.32. The number of piperazine rings is 1. The average molecular weight is 392 g/mol. The van der Waals surface area contributed by atoms with E-state index in [9.17, 15) is 13.6 Å². The smallest absolute Gasteiger partial charge is 0.341 e. The van der Waals surface area contributed by atoms with Crippen LogP contribution in [0.2, 0.25) is 0 Å². The second-order valence-corrected chi connectivity index (χ2v) is 6.16. The molecule has 7 nitrogen and oxygen atoms in total. The highest BCUT2D eigenvalue weighted by Gasteiger charge is 2.18. The summed E-state index contributed by atoms with van der Waals surface area (Å²) in [5.74, 6) is 0.531. The van der Waals surface area contributed by atoms with Gasteiger partial charge >= 0.3 is 5.97 Å². The van der Waals surface area contributed by atoms with E-state index in [-0.39, 0.29) is 0 Å². The normalized spacial score (nSPS) is 14.1. The van der Waals surface area contributed by atoms with Gasteiger partial charge in [0.25, 0.3) is 6.43 Å². The summed E-state index contributed by atoms with van der Waals surface area (Å²) in [6.45, 7) is 2.98. The van der Waals surface area contributed by atoms with Crippen molar-refractivity contribution in [3.63, 3.8) is 0 Å². The lowest BCUT2D eigenvalue weighted by atomic mass is 10.1. The lowest BCUT2D eigenvalue weighted by Gasteiger charge is -2.29. The first kappa shape index (κ1) is 19.8. The zero-order valence-corrected chi connectivity index (χ0v) is 15.5. The predicted molar refractivity (Wildman–Crippen MR) is 102 cm³/mol. The van der Waals surface area contributed by atoms with Gasteiger partial charge in [0, 0.05) is 37.9 Å². The molecule has 2 aromatic rings. The molecule has 1 aliphatic heterocycles. The number of esters is 1. The Morgan fingerprint density at radius 2 is 2.07 bits per heavy atom. The van der Waals surface area contributed by atoms with Gasteiger partial charge in [-0.2, -0.15) is 0 Å². The number of halogens is 2.